The molecule has 0 atom stereocenters. The molecule has 4 rings (SSSR count). The third-order valence-corrected chi connectivity index (χ3v) is 6.30. The summed E-state index contributed by atoms with van der Waals surface area (Å²) in [7, 11) is 5.91. The van der Waals surface area contributed by atoms with Crippen molar-refractivity contribution >= 4 is 50.0 Å². The molecular formula is C20H20N6OS2. The first-order valence-electron chi connectivity index (χ1n) is 8.96. The molecule has 0 spiro atoms. The number of aromatic nitrogens is 4. The summed E-state index contributed by atoms with van der Waals surface area (Å²) in [6, 6.07) is 15.9. The number of anilines is 2. The van der Waals surface area contributed by atoms with Gasteiger partial charge in [-0.1, -0.05) is 47.4 Å². The molecule has 0 aliphatic rings. The summed E-state index contributed by atoms with van der Waals surface area (Å²) in [5.74, 6) is 0.885. The van der Waals surface area contributed by atoms with Gasteiger partial charge in [0.2, 0.25) is 5.91 Å². The Morgan fingerprint density at radius 3 is 2.79 bits per heavy atom. The van der Waals surface area contributed by atoms with E-state index in [-0.39, 0.29) is 11.7 Å². The van der Waals surface area contributed by atoms with Gasteiger partial charge in [-0.15, -0.1) is 10.2 Å². The third kappa shape index (κ3) is 4.25. The molecule has 0 unspecified atom stereocenters. The maximum Gasteiger partial charge on any atom is 0.236 e. The molecule has 148 valence electrons. The van der Waals surface area contributed by atoms with E-state index in [2.05, 4.69) is 26.6 Å². The molecule has 2 heterocycles. The Kier molecular flexibility index (Phi) is 5.50. The lowest BCUT2D eigenvalue weighted by atomic mass is 10.2. The van der Waals surface area contributed by atoms with E-state index in [1.807, 2.05) is 73.1 Å². The van der Waals surface area contributed by atoms with E-state index >= 15 is 0 Å². The number of carbonyl (C=O) groups is 1. The van der Waals surface area contributed by atoms with Crippen molar-refractivity contribution in [2.75, 3.05) is 30.1 Å². The number of nitrogens with one attached hydrogen (secondary N) is 1. The normalized spacial score (nSPS) is 11.0. The number of thioether (sulfide) groups is 1. The predicted octanol–water partition coefficient (Wildman–Crippen LogP) is 3.89. The fraction of sp³-hybridized carbons (Fsp3) is 0.200. The predicted molar refractivity (Wildman–Crippen MR) is 120 cm³/mol. The van der Waals surface area contributed by atoms with Gasteiger partial charge in [0.1, 0.15) is 0 Å². The first-order chi connectivity index (χ1) is 14.0. The molecule has 0 aliphatic carbocycles. The lowest BCUT2D eigenvalue weighted by molar-refractivity contribution is -0.113. The van der Waals surface area contributed by atoms with Gasteiger partial charge in [0.15, 0.2) is 16.1 Å². The van der Waals surface area contributed by atoms with Crippen LogP contribution in [0.25, 0.3) is 21.6 Å². The summed E-state index contributed by atoms with van der Waals surface area (Å²) in [5, 5.41) is 12.7. The number of amides is 1. The van der Waals surface area contributed by atoms with E-state index in [4.69, 9.17) is 0 Å². The van der Waals surface area contributed by atoms with Gasteiger partial charge in [-0.2, -0.15) is 0 Å². The zero-order valence-corrected chi connectivity index (χ0v) is 17.9. The lowest BCUT2D eigenvalue weighted by Gasteiger charge is -2.13. The average Bonchev–Trinajstić information content (AvgIpc) is 3.29. The van der Waals surface area contributed by atoms with Crippen molar-refractivity contribution in [3.8, 4) is 11.4 Å². The fourth-order valence-corrected chi connectivity index (χ4v) is 4.42. The van der Waals surface area contributed by atoms with Crippen LogP contribution in [0.1, 0.15) is 0 Å². The molecule has 0 fully saturated rings. The second-order valence-electron chi connectivity index (χ2n) is 6.63. The van der Waals surface area contributed by atoms with Gasteiger partial charge in [-0.25, -0.2) is 4.98 Å². The van der Waals surface area contributed by atoms with Crippen LogP contribution in [0, 0.1) is 0 Å². The summed E-state index contributed by atoms with van der Waals surface area (Å²) in [4.78, 5) is 18.8. The largest absolute Gasteiger partial charge is 0.378 e. The number of fused-ring (bicyclic) bond motifs is 1. The Balaban J connectivity index is 1.42. The maximum atomic E-state index is 12.3. The molecule has 7 nitrogen and oxygen atoms in total. The van der Waals surface area contributed by atoms with Crippen LogP contribution in [-0.4, -0.2) is 45.5 Å². The number of hydrogen-bond acceptors (Lipinski definition) is 7. The first kappa shape index (κ1) is 19.4. The number of para-hydroxylation sites is 1. The quantitative estimate of drug-likeness (QED) is 0.473. The number of thiazole rings is 1. The number of hydrogen-bond donors (Lipinski definition) is 1. The van der Waals surface area contributed by atoms with Gasteiger partial charge in [0.05, 0.1) is 16.0 Å². The van der Waals surface area contributed by atoms with Gasteiger partial charge in [-0.3, -0.25) is 4.79 Å². The van der Waals surface area contributed by atoms with Crippen LogP contribution < -0.4 is 10.2 Å². The van der Waals surface area contributed by atoms with E-state index in [1.165, 1.54) is 23.1 Å². The topological polar surface area (TPSA) is 75.9 Å². The fourth-order valence-electron chi connectivity index (χ4n) is 2.83. The SMILES string of the molecule is CN(C)c1cccc(-c2nnc(SCC(=O)Nc3nc4ccccc4s3)n2C)c1. The summed E-state index contributed by atoms with van der Waals surface area (Å²) >= 11 is 2.82. The molecule has 0 bridgehead atoms. The van der Waals surface area contributed by atoms with Crippen LogP contribution in [0.3, 0.4) is 0 Å². The van der Waals surface area contributed by atoms with Crippen molar-refractivity contribution in [2.24, 2.45) is 7.05 Å². The third-order valence-electron chi connectivity index (χ3n) is 4.33. The molecule has 9 heteroatoms. The van der Waals surface area contributed by atoms with Crippen LogP contribution in [0.15, 0.2) is 53.7 Å². The van der Waals surface area contributed by atoms with E-state index in [9.17, 15) is 4.79 Å². The number of rotatable bonds is 6. The standard InChI is InChI=1S/C20H20N6OS2/c1-25(2)14-8-6-7-13(11-14)18-23-24-20(26(18)3)28-12-17(27)22-19-21-15-9-4-5-10-16(15)29-19/h4-11H,12H2,1-3H3,(H,21,22,27). The molecule has 1 amide bonds. The zero-order valence-electron chi connectivity index (χ0n) is 16.3. The lowest BCUT2D eigenvalue weighted by Crippen LogP contribution is -2.14. The Labute approximate surface area is 176 Å². The zero-order chi connectivity index (χ0) is 20.4. The van der Waals surface area contributed by atoms with E-state index in [0.717, 1.165) is 27.3 Å². The molecule has 1 N–H and O–H groups in total. The average molecular weight is 425 g/mol. The number of carbonyl (C=O) groups excluding carboxylic acids is 1. The Morgan fingerprint density at radius 1 is 1.17 bits per heavy atom. The van der Waals surface area contributed by atoms with Crippen LogP contribution in [-0.2, 0) is 11.8 Å². The highest BCUT2D eigenvalue weighted by molar-refractivity contribution is 7.99. The molecule has 0 radical (unpaired) electrons. The molecule has 0 saturated carbocycles. The summed E-state index contributed by atoms with van der Waals surface area (Å²) in [6.07, 6.45) is 0. The molecule has 4 aromatic rings. The van der Waals surface area contributed by atoms with Crippen LogP contribution in [0.5, 0.6) is 0 Å². The first-order valence-corrected chi connectivity index (χ1v) is 10.8. The molecular weight excluding hydrogens is 404 g/mol. The summed E-state index contributed by atoms with van der Waals surface area (Å²) in [6.45, 7) is 0. The highest BCUT2D eigenvalue weighted by Crippen LogP contribution is 2.27. The Hall–Kier alpha value is -2.91. The number of nitrogens with zero attached hydrogens (tertiary/aromatic N) is 5. The summed E-state index contributed by atoms with van der Waals surface area (Å²) < 4.78 is 2.96. The molecule has 2 aromatic carbocycles. The number of benzene rings is 2. The Bertz CT molecular complexity index is 1130. The second kappa shape index (κ2) is 8.22. The monoisotopic (exact) mass is 424 g/mol. The van der Waals surface area contributed by atoms with Crippen LogP contribution >= 0.6 is 23.1 Å². The van der Waals surface area contributed by atoms with E-state index < -0.39 is 0 Å². The van der Waals surface area contributed by atoms with Gasteiger partial charge < -0.3 is 14.8 Å². The smallest absolute Gasteiger partial charge is 0.236 e. The minimum absolute atomic E-state index is 0.117. The van der Waals surface area contributed by atoms with E-state index in [0.29, 0.717) is 10.3 Å². The minimum atomic E-state index is -0.117. The Morgan fingerprint density at radius 2 is 2.00 bits per heavy atom. The molecule has 0 saturated heterocycles. The van der Waals surface area contributed by atoms with Crippen molar-refractivity contribution in [1.29, 1.82) is 0 Å². The van der Waals surface area contributed by atoms with Gasteiger partial charge >= 0.3 is 0 Å². The minimum Gasteiger partial charge on any atom is -0.378 e. The van der Waals surface area contributed by atoms with Gasteiger partial charge in [-0.05, 0) is 24.3 Å². The van der Waals surface area contributed by atoms with Crippen LogP contribution in [0.4, 0.5) is 10.8 Å². The molecule has 2 aromatic heterocycles. The van der Waals surface area contributed by atoms with Crippen molar-refractivity contribution < 1.29 is 4.79 Å². The summed E-state index contributed by atoms with van der Waals surface area (Å²) in [5.41, 5.74) is 2.96. The van der Waals surface area contributed by atoms with Gasteiger partial charge in [0, 0.05) is 32.4 Å². The highest BCUT2D eigenvalue weighted by atomic mass is 32.2. The maximum absolute atomic E-state index is 12.3. The van der Waals surface area contributed by atoms with Crippen molar-refractivity contribution in [2.45, 2.75) is 5.16 Å². The highest BCUT2D eigenvalue weighted by Gasteiger charge is 2.14. The molecule has 0 aliphatic heterocycles. The van der Waals surface area contributed by atoms with Crippen molar-refractivity contribution in [3.05, 3.63) is 48.5 Å². The van der Waals surface area contributed by atoms with Crippen LogP contribution in [0.2, 0.25) is 0 Å². The van der Waals surface area contributed by atoms with E-state index in [1.54, 1.807) is 0 Å². The molecule has 29 heavy (non-hydrogen) atoms. The van der Waals surface area contributed by atoms with Gasteiger partial charge in [0.25, 0.3) is 0 Å². The van der Waals surface area contributed by atoms with Crippen molar-refractivity contribution in [3.63, 3.8) is 0 Å². The second-order valence-corrected chi connectivity index (χ2v) is 8.61. The van der Waals surface area contributed by atoms with Crippen molar-refractivity contribution in [1.82, 2.24) is 19.7 Å².